The minimum atomic E-state index is -0.792. The molecule has 0 saturated carbocycles. The van der Waals surface area contributed by atoms with Gasteiger partial charge in [0.2, 0.25) is 23.6 Å². The van der Waals surface area contributed by atoms with Crippen LogP contribution in [0.2, 0.25) is 0 Å². The third-order valence-electron chi connectivity index (χ3n) is 18.2. The first-order chi connectivity index (χ1) is 44.2. The lowest BCUT2D eigenvalue weighted by atomic mass is 10.1. The number of aliphatic hydroxyl groups excluding tert-OH is 1. The number of rotatable bonds is 75. The van der Waals surface area contributed by atoms with E-state index < -0.39 is 6.23 Å². The lowest BCUT2D eigenvalue weighted by molar-refractivity contribution is -0.124. The number of aliphatic hydroxyl groups is 1. The summed E-state index contributed by atoms with van der Waals surface area (Å²) in [5, 5.41) is 30.9. The molecular formula is C76H155N9O5. The van der Waals surface area contributed by atoms with Gasteiger partial charge in [0.25, 0.3) is 0 Å². The van der Waals surface area contributed by atoms with E-state index in [1.165, 1.54) is 257 Å². The number of carbonyl (C=O) groups is 4. The van der Waals surface area contributed by atoms with E-state index in [1.807, 2.05) is 4.90 Å². The van der Waals surface area contributed by atoms with Crippen LogP contribution in [0.3, 0.4) is 0 Å². The molecule has 0 aromatic rings. The zero-order chi connectivity index (χ0) is 65.5. The van der Waals surface area contributed by atoms with Crippen molar-refractivity contribution in [1.29, 1.82) is 0 Å². The first-order valence-electron chi connectivity index (χ1n) is 39.5. The molecule has 534 valence electrons. The Balaban J connectivity index is 6.04. The summed E-state index contributed by atoms with van der Waals surface area (Å²) in [6, 6.07) is 0. The second-order valence-electron chi connectivity index (χ2n) is 27.2. The van der Waals surface area contributed by atoms with Crippen LogP contribution in [0.5, 0.6) is 0 Å². The fourth-order valence-corrected chi connectivity index (χ4v) is 12.2. The topological polar surface area (TPSA) is 170 Å². The molecule has 0 aliphatic rings. The van der Waals surface area contributed by atoms with Gasteiger partial charge < -0.3 is 31.7 Å². The van der Waals surface area contributed by atoms with Gasteiger partial charge in [-0.15, -0.1) is 0 Å². The molecule has 90 heavy (non-hydrogen) atoms. The summed E-state index contributed by atoms with van der Waals surface area (Å²) in [6.45, 7) is 19.0. The van der Waals surface area contributed by atoms with Gasteiger partial charge in [-0.25, -0.2) is 0 Å². The highest BCUT2D eigenvalue weighted by atomic mass is 16.3. The van der Waals surface area contributed by atoms with Gasteiger partial charge in [-0.3, -0.25) is 39.2 Å². The fourth-order valence-electron chi connectivity index (χ4n) is 12.2. The molecule has 0 heterocycles. The van der Waals surface area contributed by atoms with Crippen molar-refractivity contribution in [3.05, 3.63) is 0 Å². The normalized spacial score (nSPS) is 12.0. The SMILES string of the molecule is CCCCCCCCCCCCNC(=O)CNCCN(CCN(CCN(CC(=O)NCCCCCCCCCCCC)CC(O)NCCCCCCCCCCCC)CC(=O)NCCCCCCCCCCCC)CC(=O)NCCCCCCCCCCCC. The number of unbranched alkanes of at least 4 members (excludes halogenated alkanes) is 45. The smallest absolute Gasteiger partial charge is 0.234 e. The van der Waals surface area contributed by atoms with E-state index >= 15 is 0 Å². The average Bonchev–Trinajstić information content (AvgIpc) is 3.73. The predicted molar refractivity (Wildman–Crippen MR) is 387 cm³/mol. The second kappa shape index (κ2) is 72.5. The molecule has 1 atom stereocenters. The highest BCUT2D eigenvalue weighted by Gasteiger charge is 2.20. The number of carbonyl (C=O) groups excluding carboxylic acids is 4. The molecule has 0 saturated heterocycles. The van der Waals surface area contributed by atoms with Crippen molar-refractivity contribution in [2.24, 2.45) is 0 Å². The second-order valence-corrected chi connectivity index (χ2v) is 27.2. The summed E-state index contributed by atoms with van der Waals surface area (Å²) in [5.41, 5.74) is 0. The molecule has 0 aliphatic heterocycles. The van der Waals surface area contributed by atoms with Crippen molar-refractivity contribution < 1.29 is 24.3 Å². The standard InChI is InChI=1S/C76H155N9O5/c1-6-11-16-21-26-31-36-41-46-51-56-78-72(86)67-77-61-62-83(68-73(87)79-57-52-47-42-37-32-27-22-17-12-7-2)63-64-84(69-74(88)80-58-53-48-43-38-33-28-23-18-13-8-3)65-66-85(70-75(89)81-59-54-49-44-39-34-29-24-19-14-9-4)71-76(90)82-60-55-50-45-40-35-30-25-20-15-10-5/h75,77,81,89H,6-71H2,1-5H3,(H,78,86)(H,79,87)(H,80,88)(H,82,90). The molecule has 14 nitrogen and oxygen atoms in total. The van der Waals surface area contributed by atoms with Crippen LogP contribution in [0.25, 0.3) is 0 Å². The molecule has 0 aromatic heterocycles. The maximum atomic E-state index is 13.8. The number of hydrogen-bond acceptors (Lipinski definition) is 10. The first kappa shape index (κ1) is 87.6. The van der Waals surface area contributed by atoms with Crippen molar-refractivity contribution in [2.75, 3.05) is 105 Å². The van der Waals surface area contributed by atoms with E-state index in [0.29, 0.717) is 72.0 Å². The van der Waals surface area contributed by atoms with E-state index in [1.54, 1.807) is 0 Å². The largest absolute Gasteiger partial charge is 0.377 e. The molecule has 0 aliphatic carbocycles. The Morgan fingerprint density at radius 3 is 0.778 bits per heavy atom. The molecule has 0 rings (SSSR count). The molecule has 0 fully saturated rings. The molecule has 1 unspecified atom stereocenters. The predicted octanol–water partition coefficient (Wildman–Crippen LogP) is 16.5. The van der Waals surface area contributed by atoms with Gasteiger partial charge in [0.15, 0.2) is 0 Å². The number of amides is 4. The number of nitrogens with one attached hydrogen (secondary N) is 6. The lowest BCUT2D eigenvalue weighted by Crippen LogP contribution is -2.50. The third kappa shape index (κ3) is 67.1. The quantitative estimate of drug-likeness (QED) is 0.0230. The van der Waals surface area contributed by atoms with Crippen LogP contribution in [0.4, 0.5) is 0 Å². The van der Waals surface area contributed by atoms with Crippen molar-refractivity contribution in [3.8, 4) is 0 Å². The summed E-state index contributed by atoms with van der Waals surface area (Å²) in [7, 11) is 0. The molecule has 0 aromatic carbocycles. The van der Waals surface area contributed by atoms with Crippen LogP contribution in [0.15, 0.2) is 0 Å². The van der Waals surface area contributed by atoms with Crippen molar-refractivity contribution in [1.82, 2.24) is 46.6 Å². The average molecular weight is 1280 g/mol. The Kier molecular flexibility index (Phi) is 70.6. The maximum absolute atomic E-state index is 13.8. The van der Waals surface area contributed by atoms with Gasteiger partial charge in [-0.1, -0.05) is 324 Å². The molecule has 7 N–H and O–H groups in total. The van der Waals surface area contributed by atoms with Gasteiger partial charge in [-0.2, -0.15) is 0 Å². The number of hydrogen-bond donors (Lipinski definition) is 7. The molecule has 0 spiro atoms. The Morgan fingerprint density at radius 2 is 0.489 bits per heavy atom. The van der Waals surface area contributed by atoms with Gasteiger partial charge in [0.05, 0.1) is 26.2 Å². The Bertz CT molecular complexity index is 1510. The van der Waals surface area contributed by atoms with Gasteiger partial charge in [0.1, 0.15) is 6.23 Å². The van der Waals surface area contributed by atoms with E-state index in [9.17, 15) is 24.3 Å². The minimum Gasteiger partial charge on any atom is -0.377 e. The molecule has 0 bridgehead atoms. The monoisotopic (exact) mass is 1270 g/mol. The fraction of sp³-hybridized carbons (Fsp3) is 0.947. The van der Waals surface area contributed by atoms with E-state index in [2.05, 4.69) is 76.3 Å². The summed E-state index contributed by atoms with van der Waals surface area (Å²) in [4.78, 5) is 60.5. The maximum Gasteiger partial charge on any atom is 0.234 e. The lowest BCUT2D eigenvalue weighted by Gasteiger charge is -2.30. The van der Waals surface area contributed by atoms with Gasteiger partial charge in [0, 0.05) is 72.0 Å². The molecule has 0 radical (unpaired) electrons. The van der Waals surface area contributed by atoms with Crippen LogP contribution in [-0.4, -0.2) is 154 Å². The number of nitrogens with zero attached hydrogens (tertiary/aromatic N) is 3. The van der Waals surface area contributed by atoms with E-state index in [0.717, 1.165) is 70.8 Å². The summed E-state index contributed by atoms with van der Waals surface area (Å²) < 4.78 is 0. The minimum absolute atomic E-state index is 0.00198. The van der Waals surface area contributed by atoms with Crippen molar-refractivity contribution in [2.45, 2.75) is 362 Å². The molecule has 14 heteroatoms. The van der Waals surface area contributed by atoms with E-state index in [4.69, 9.17) is 0 Å². The molecule has 4 amide bonds. The van der Waals surface area contributed by atoms with Crippen LogP contribution in [0, 0.1) is 0 Å². The summed E-state index contributed by atoms with van der Waals surface area (Å²) in [6.07, 6.45) is 61.7. The van der Waals surface area contributed by atoms with Crippen LogP contribution >= 0.6 is 0 Å². The summed E-state index contributed by atoms with van der Waals surface area (Å²) in [5.74, 6) is -0.0622. The van der Waals surface area contributed by atoms with Crippen LogP contribution < -0.4 is 31.9 Å². The van der Waals surface area contributed by atoms with Crippen molar-refractivity contribution in [3.63, 3.8) is 0 Å². The Hall–Kier alpha value is -2.36. The highest BCUT2D eigenvalue weighted by Crippen LogP contribution is 2.15. The third-order valence-corrected chi connectivity index (χ3v) is 18.2. The van der Waals surface area contributed by atoms with Crippen LogP contribution in [-0.2, 0) is 19.2 Å². The van der Waals surface area contributed by atoms with Crippen LogP contribution in [0.1, 0.15) is 356 Å². The zero-order valence-corrected chi connectivity index (χ0v) is 60.7. The Morgan fingerprint density at radius 1 is 0.267 bits per heavy atom. The first-order valence-corrected chi connectivity index (χ1v) is 39.5. The Labute approximate surface area is 558 Å². The van der Waals surface area contributed by atoms with E-state index in [-0.39, 0.29) is 49.8 Å². The van der Waals surface area contributed by atoms with Gasteiger partial charge >= 0.3 is 0 Å². The molecular weight excluding hydrogens is 1120 g/mol. The van der Waals surface area contributed by atoms with Crippen molar-refractivity contribution >= 4 is 23.6 Å². The summed E-state index contributed by atoms with van der Waals surface area (Å²) >= 11 is 0. The highest BCUT2D eigenvalue weighted by molar-refractivity contribution is 5.79. The zero-order valence-electron chi connectivity index (χ0n) is 60.7. The van der Waals surface area contributed by atoms with Gasteiger partial charge in [-0.05, 0) is 38.6 Å².